The van der Waals surface area contributed by atoms with Crippen LogP contribution < -0.4 is 14.8 Å². The molecule has 0 heterocycles. The van der Waals surface area contributed by atoms with Gasteiger partial charge in [0.05, 0.1) is 12.3 Å². The van der Waals surface area contributed by atoms with E-state index in [4.69, 9.17) is 9.47 Å². The summed E-state index contributed by atoms with van der Waals surface area (Å²) in [5, 5.41) is 3.29. The maximum absolute atomic E-state index is 5.82. The SMILES string of the molecule is CCNc1cc(OCc2ccccc2)ccc1OCC. The predicted octanol–water partition coefficient (Wildman–Crippen LogP) is 4.10. The molecular weight excluding hydrogens is 250 g/mol. The number of benzene rings is 2. The molecule has 0 saturated heterocycles. The van der Waals surface area contributed by atoms with Crippen LogP contribution in [0.15, 0.2) is 48.5 Å². The molecule has 1 N–H and O–H groups in total. The first-order valence-corrected chi connectivity index (χ1v) is 7.01. The Morgan fingerprint density at radius 3 is 2.45 bits per heavy atom. The molecule has 0 saturated carbocycles. The maximum Gasteiger partial charge on any atom is 0.142 e. The highest BCUT2D eigenvalue weighted by atomic mass is 16.5. The zero-order valence-electron chi connectivity index (χ0n) is 12.1. The number of nitrogens with one attached hydrogen (secondary N) is 1. The van der Waals surface area contributed by atoms with Crippen LogP contribution in [-0.4, -0.2) is 13.2 Å². The number of rotatable bonds is 7. The van der Waals surface area contributed by atoms with Crippen molar-refractivity contribution in [3.63, 3.8) is 0 Å². The summed E-state index contributed by atoms with van der Waals surface area (Å²) in [4.78, 5) is 0. The van der Waals surface area contributed by atoms with Crippen molar-refractivity contribution in [2.75, 3.05) is 18.5 Å². The predicted molar refractivity (Wildman–Crippen MR) is 82.5 cm³/mol. The second-order valence-electron chi connectivity index (χ2n) is 4.40. The van der Waals surface area contributed by atoms with Crippen LogP contribution in [0.3, 0.4) is 0 Å². The molecule has 106 valence electrons. The molecule has 0 aromatic heterocycles. The summed E-state index contributed by atoms with van der Waals surface area (Å²) >= 11 is 0. The molecule has 0 bridgehead atoms. The molecule has 3 heteroatoms. The lowest BCUT2D eigenvalue weighted by Crippen LogP contribution is -2.02. The highest BCUT2D eigenvalue weighted by molar-refractivity contribution is 5.59. The molecule has 2 aromatic rings. The van der Waals surface area contributed by atoms with Gasteiger partial charge in [-0.25, -0.2) is 0 Å². The van der Waals surface area contributed by atoms with E-state index >= 15 is 0 Å². The Morgan fingerprint density at radius 2 is 1.75 bits per heavy atom. The zero-order chi connectivity index (χ0) is 14.2. The van der Waals surface area contributed by atoms with Gasteiger partial charge in [-0.05, 0) is 31.5 Å². The molecule has 0 aliphatic carbocycles. The molecule has 0 spiro atoms. The van der Waals surface area contributed by atoms with Gasteiger partial charge in [0, 0.05) is 12.6 Å². The van der Waals surface area contributed by atoms with Gasteiger partial charge in [-0.3, -0.25) is 0 Å². The lowest BCUT2D eigenvalue weighted by Gasteiger charge is -2.13. The second-order valence-corrected chi connectivity index (χ2v) is 4.40. The van der Waals surface area contributed by atoms with Gasteiger partial charge >= 0.3 is 0 Å². The largest absolute Gasteiger partial charge is 0.492 e. The van der Waals surface area contributed by atoms with Crippen molar-refractivity contribution in [1.29, 1.82) is 0 Å². The van der Waals surface area contributed by atoms with E-state index in [0.29, 0.717) is 13.2 Å². The Balaban J connectivity index is 2.06. The van der Waals surface area contributed by atoms with Crippen molar-refractivity contribution < 1.29 is 9.47 Å². The third-order valence-corrected chi connectivity index (χ3v) is 2.87. The van der Waals surface area contributed by atoms with E-state index in [2.05, 4.69) is 24.4 Å². The fourth-order valence-corrected chi connectivity index (χ4v) is 1.95. The Bertz CT molecular complexity index is 526. The summed E-state index contributed by atoms with van der Waals surface area (Å²) < 4.78 is 11.4. The summed E-state index contributed by atoms with van der Waals surface area (Å²) in [7, 11) is 0. The van der Waals surface area contributed by atoms with E-state index in [1.54, 1.807) is 0 Å². The van der Waals surface area contributed by atoms with Crippen LogP contribution in [0.5, 0.6) is 11.5 Å². The molecule has 0 unspecified atom stereocenters. The van der Waals surface area contributed by atoms with E-state index < -0.39 is 0 Å². The number of ether oxygens (including phenoxy) is 2. The molecule has 3 nitrogen and oxygen atoms in total. The Kier molecular flexibility index (Phi) is 5.30. The maximum atomic E-state index is 5.82. The van der Waals surface area contributed by atoms with Gasteiger partial charge in [-0.2, -0.15) is 0 Å². The van der Waals surface area contributed by atoms with Crippen LogP contribution in [0.25, 0.3) is 0 Å². The third kappa shape index (κ3) is 3.92. The number of hydrogen-bond acceptors (Lipinski definition) is 3. The topological polar surface area (TPSA) is 30.5 Å². The lowest BCUT2D eigenvalue weighted by molar-refractivity contribution is 0.304. The minimum atomic E-state index is 0.570. The van der Waals surface area contributed by atoms with E-state index in [1.807, 2.05) is 43.3 Å². The van der Waals surface area contributed by atoms with Gasteiger partial charge in [0.25, 0.3) is 0 Å². The summed E-state index contributed by atoms with van der Waals surface area (Å²) in [5.41, 5.74) is 2.13. The Hall–Kier alpha value is -2.16. The fraction of sp³-hybridized carbons (Fsp3) is 0.294. The minimum absolute atomic E-state index is 0.570. The molecule has 0 fully saturated rings. The van der Waals surface area contributed by atoms with Crippen molar-refractivity contribution in [2.24, 2.45) is 0 Å². The molecule has 2 aromatic carbocycles. The summed E-state index contributed by atoms with van der Waals surface area (Å²) in [6.45, 7) is 6.12. The van der Waals surface area contributed by atoms with E-state index in [1.165, 1.54) is 0 Å². The molecule has 20 heavy (non-hydrogen) atoms. The monoisotopic (exact) mass is 271 g/mol. The van der Waals surface area contributed by atoms with Crippen molar-refractivity contribution in [2.45, 2.75) is 20.5 Å². The van der Waals surface area contributed by atoms with Gasteiger partial charge < -0.3 is 14.8 Å². The first-order chi connectivity index (χ1) is 9.83. The number of hydrogen-bond donors (Lipinski definition) is 1. The molecule has 0 amide bonds. The van der Waals surface area contributed by atoms with Crippen LogP contribution in [-0.2, 0) is 6.61 Å². The fourth-order valence-electron chi connectivity index (χ4n) is 1.95. The standard InChI is InChI=1S/C17H21NO2/c1-3-18-16-12-15(10-11-17(16)19-4-2)20-13-14-8-6-5-7-9-14/h5-12,18H,3-4,13H2,1-2H3. The molecule has 0 atom stereocenters. The van der Waals surface area contributed by atoms with Crippen LogP contribution in [0.4, 0.5) is 5.69 Å². The first-order valence-electron chi connectivity index (χ1n) is 7.01. The molecule has 0 radical (unpaired) electrons. The van der Waals surface area contributed by atoms with Gasteiger partial charge in [0.1, 0.15) is 18.1 Å². The van der Waals surface area contributed by atoms with Crippen molar-refractivity contribution >= 4 is 5.69 Å². The zero-order valence-corrected chi connectivity index (χ0v) is 12.1. The average molecular weight is 271 g/mol. The summed E-state index contributed by atoms with van der Waals surface area (Å²) in [6.07, 6.45) is 0. The van der Waals surface area contributed by atoms with Crippen LogP contribution in [0, 0.1) is 0 Å². The highest BCUT2D eigenvalue weighted by Gasteiger charge is 2.05. The van der Waals surface area contributed by atoms with E-state index in [9.17, 15) is 0 Å². The first kappa shape index (κ1) is 14.3. The third-order valence-electron chi connectivity index (χ3n) is 2.87. The second kappa shape index (κ2) is 7.43. The Labute approximate surface area is 120 Å². The lowest BCUT2D eigenvalue weighted by atomic mass is 10.2. The summed E-state index contributed by atoms with van der Waals surface area (Å²) in [5.74, 6) is 1.70. The van der Waals surface area contributed by atoms with Gasteiger partial charge in [0.2, 0.25) is 0 Å². The summed E-state index contributed by atoms with van der Waals surface area (Å²) in [6, 6.07) is 16.0. The van der Waals surface area contributed by atoms with E-state index in [-0.39, 0.29) is 0 Å². The molecule has 2 rings (SSSR count). The van der Waals surface area contributed by atoms with Crippen LogP contribution >= 0.6 is 0 Å². The number of anilines is 1. The van der Waals surface area contributed by atoms with Crippen molar-refractivity contribution in [3.05, 3.63) is 54.1 Å². The highest BCUT2D eigenvalue weighted by Crippen LogP contribution is 2.29. The van der Waals surface area contributed by atoms with Crippen molar-refractivity contribution in [3.8, 4) is 11.5 Å². The molecular formula is C17H21NO2. The van der Waals surface area contributed by atoms with Crippen LogP contribution in [0.1, 0.15) is 19.4 Å². The Morgan fingerprint density at radius 1 is 0.950 bits per heavy atom. The van der Waals surface area contributed by atoms with Gasteiger partial charge in [-0.15, -0.1) is 0 Å². The molecule has 0 aliphatic rings. The normalized spacial score (nSPS) is 10.1. The quantitative estimate of drug-likeness (QED) is 0.822. The minimum Gasteiger partial charge on any atom is -0.492 e. The van der Waals surface area contributed by atoms with Crippen LogP contribution in [0.2, 0.25) is 0 Å². The van der Waals surface area contributed by atoms with Gasteiger partial charge in [0.15, 0.2) is 0 Å². The van der Waals surface area contributed by atoms with Gasteiger partial charge in [-0.1, -0.05) is 30.3 Å². The molecule has 0 aliphatic heterocycles. The smallest absolute Gasteiger partial charge is 0.142 e. The van der Waals surface area contributed by atoms with E-state index in [0.717, 1.165) is 29.3 Å². The van der Waals surface area contributed by atoms with Crippen molar-refractivity contribution in [1.82, 2.24) is 0 Å². The average Bonchev–Trinajstić information content (AvgIpc) is 2.49.